The minimum absolute atomic E-state index is 0.290. The second kappa shape index (κ2) is 3.84. The second-order valence-corrected chi connectivity index (χ2v) is 3.51. The summed E-state index contributed by atoms with van der Waals surface area (Å²) in [6.07, 6.45) is 1.94. The van der Waals surface area contributed by atoms with Crippen LogP contribution in [-0.4, -0.2) is 19.7 Å². The zero-order valence-electron chi connectivity index (χ0n) is 8.36. The van der Waals surface area contributed by atoms with Gasteiger partial charge in [-0.05, 0) is 13.1 Å². The highest BCUT2D eigenvalue weighted by Gasteiger charge is 2.28. The van der Waals surface area contributed by atoms with Crippen LogP contribution >= 0.6 is 0 Å². The van der Waals surface area contributed by atoms with Crippen molar-refractivity contribution in [3.63, 3.8) is 0 Å². The first-order valence-electron chi connectivity index (χ1n) is 4.88. The van der Waals surface area contributed by atoms with Crippen LogP contribution in [0.2, 0.25) is 0 Å². The van der Waals surface area contributed by atoms with Crippen LogP contribution in [0, 0.1) is 0 Å². The van der Waals surface area contributed by atoms with Gasteiger partial charge in [0.25, 0.3) is 0 Å². The molecule has 0 saturated heterocycles. The highest BCUT2D eigenvalue weighted by Crippen LogP contribution is 2.35. The monoisotopic (exact) mass is 189 g/mol. The Balaban J connectivity index is 2.29. The average molecular weight is 189 g/mol. The molecule has 2 nitrogen and oxygen atoms in total. The van der Waals surface area contributed by atoms with E-state index in [9.17, 15) is 0 Å². The van der Waals surface area contributed by atoms with Gasteiger partial charge < -0.3 is 10.1 Å². The van der Waals surface area contributed by atoms with Crippen LogP contribution in [-0.2, 0) is 0 Å². The third-order valence-corrected chi connectivity index (χ3v) is 2.76. The van der Waals surface area contributed by atoms with Gasteiger partial charge in [-0.1, -0.05) is 24.3 Å². The maximum absolute atomic E-state index is 5.61. The molecule has 0 spiro atoms. The van der Waals surface area contributed by atoms with Crippen molar-refractivity contribution in [3.05, 3.63) is 42.5 Å². The molecule has 2 unspecified atom stereocenters. The van der Waals surface area contributed by atoms with Crippen molar-refractivity contribution in [2.75, 3.05) is 13.7 Å². The molecule has 74 valence electrons. The van der Waals surface area contributed by atoms with Crippen molar-refractivity contribution >= 4 is 0 Å². The summed E-state index contributed by atoms with van der Waals surface area (Å²) in [7, 11) is 1.95. The van der Waals surface area contributed by atoms with E-state index >= 15 is 0 Å². The van der Waals surface area contributed by atoms with E-state index < -0.39 is 0 Å². The van der Waals surface area contributed by atoms with Gasteiger partial charge in [-0.2, -0.15) is 0 Å². The number of nitrogens with one attached hydrogen (secondary N) is 1. The Morgan fingerprint density at radius 1 is 1.57 bits per heavy atom. The lowest BCUT2D eigenvalue weighted by molar-refractivity contribution is 0.316. The highest BCUT2D eigenvalue weighted by atomic mass is 16.5. The average Bonchev–Trinajstić information content (AvgIpc) is 2.65. The van der Waals surface area contributed by atoms with Gasteiger partial charge in [0.2, 0.25) is 0 Å². The molecular formula is C12H15NO. The SMILES string of the molecule is C=CC(NC)C1COc2ccccc21. The van der Waals surface area contributed by atoms with E-state index in [1.807, 2.05) is 25.3 Å². The predicted molar refractivity (Wildman–Crippen MR) is 57.7 cm³/mol. The van der Waals surface area contributed by atoms with Crippen molar-refractivity contribution < 1.29 is 4.74 Å². The topological polar surface area (TPSA) is 21.3 Å². The van der Waals surface area contributed by atoms with Gasteiger partial charge in [-0.3, -0.25) is 0 Å². The Hall–Kier alpha value is -1.28. The van der Waals surface area contributed by atoms with Crippen LogP contribution in [0.25, 0.3) is 0 Å². The van der Waals surface area contributed by atoms with Gasteiger partial charge >= 0.3 is 0 Å². The smallest absolute Gasteiger partial charge is 0.122 e. The van der Waals surface area contributed by atoms with Crippen LogP contribution in [0.3, 0.4) is 0 Å². The van der Waals surface area contributed by atoms with Crippen molar-refractivity contribution in [2.45, 2.75) is 12.0 Å². The third-order valence-electron chi connectivity index (χ3n) is 2.76. The molecule has 2 heteroatoms. The Kier molecular flexibility index (Phi) is 2.55. The molecule has 1 aliphatic heterocycles. The fourth-order valence-electron chi connectivity index (χ4n) is 1.97. The van der Waals surface area contributed by atoms with Gasteiger partial charge in [0.15, 0.2) is 0 Å². The fraction of sp³-hybridized carbons (Fsp3) is 0.333. The Morgan fingerprint density at radius 2 is 2.36 bits per heavy atom. The molecule has 0 radical (unpaired) electrons. The molecule has 2 atom stereocenters. The molecule has 0 amide bonds. The number of hydrogen-bond donors (Lipinski definition) is 1. The molecule has 1 heterocycles. The lowest BCUT2D eigenvalue weighted by Crippen LogP contribution is -2.30. The third kappa shape index (κ3) is 1.42. The highest BCUT2D eigenvalue weighted by molar-refractivity contribution is 5.41. The molecule has 0 aromatic heterocycles. The summed E-state index contributed by atoms with van der Waals surface area (Å²) in [5.41, 5.74) is 1.28. The number of rotatable bonds is 3. The van der Waals surface area contributed by atoms with Gasteiger partial charge in [0, 0.05) is 17.5 Å². The van der Waals surface area contributed by atoms with E-state index in [1.165, 1.54) is 5.56 Å². The number of benzene rings is 1. The summed E-state index contributed by atoms with van der Waals surface area (Å²) in [6, 6.07) is 8.49. The first kappa shape index (κ1) is 9.28. The van der Waals surface area contributed by atoms with Crippen molar-refractivity contribution in [2.24, 2.45) is 0 Å². The summed E-state index contributed by atoms with van der Waals surface area (Å²) in [4.78, 5) is 0. The lowest BCUT2D eigenvalue weighted by atomic mass is 9.93. The van der Waals surface area contributed by atoms with Gasteiger partial charge in [0.1, 0.15) is 5.75 Å². The standard InChI is InChI=1S/C12H15NO/c1-3-11(13-2)10-8-14-12-7-5-4-6-9(10)12/h3-7,10-11,13H,1,8H2,2H3. The summed E-state index contributed by atoms with van der Waals surface area (Å²) < 4.78 is 5.61. The summed E-state index contributed by atoms with van der Waals surface area (Å²) in [6.45, 7) is 4.58. The number of fused-ring (bicyclic) bond motifs is 1. The van der Waals surface area contributed by atoms with E-state index in [4.69, 9.17) is 4.74 Å². The van der Waals surface area contributed by atoms with Crippen LogP contribution in [0.1, 0.15) is 11.5 Å². The summed E-state index contributed by atoms with van der Waals surface area (Å²) >= 11 is 0. The minimum Gasteiger partial charge on any atom is -0.493 e. The molecular weight excluding hydrogens is 174 g/mol. The number of hydrogen-bond acceptors (Lipinski definition) is 2. The lowest BCUT2D eigenvalue weighted by Gasteiger charge is -2.17. The van der Waals surface area contributed by atoms with Crippen molar-refractivity contribution in [3.8, 4) is 5.75 Å². The van der Waals surface area contributed by atoms with E-state index in [0.717, 1.165) is 12.4 Å². The predicted octanol–water partition coefficient (Wildman–Crippen LogP) is 1.94. The first-order chi connectivity index (χ1) is 6.86. The summed E-state index contributed by atoms with van der Waals surface area (Å²) in [5.74, 6) is 1.41. The molecule has 1 aromatic carbocycles. The van der Waals surface area contributed by atoms with Crippen molar-refractivity contribution in [1.29, 1.82) is 0 Å². The minimum atomic E-state index is 0.290. The Labute approximate surface area is 84.6 Å². The van der Waals surface area contributed by atoms with Crippen LogP contribution < -0.4 is 10.1 Å². The van der Waals surface area contributed by atoms with Crippen LogP contribution in [0.5, 0.6) is 5.75 Å². The molecule has 0 bridgehead atoms. The zero-order valence-corrected chi connectivity index (χ0v) is 8.36. The largest absolute Gasteiger partial charge is 0.493 e. The molecule has 1 aromatic rings. The molecule has 1 aliphatic rings. The van der Waals surface area contributed by atoms with Gasteiger partial charge in [-0.25, -0.2) is 0 Å². The second-order valence-electron chi connectivity index (χ2n) is 3.51. The normalized spacial score (nSPS) is 21.1. The molecule has 1 N–H and O–H groups in total. The number of likely N-dealkylation sites (N-methyl/N-ethyl adjacent to an activating group) is 1. The molecule has 0 saturated carbocycles. The maximum atomic E-state index is 5.61. The van der Waals surface area contributed by atoms with Gasteiger partial charge in [0.05, 0.1) is 6.61 Å². The van der Waals surface area contributed by atoms with E-state index in [1.54, 1.807) is 0 Å². The van der Waals surface area contributed by atoms with Gasteiger partial charge in [-0.15, -0.1) is 6.58 Å². The Morgan fingerprint density at radius 3 is 3.07 bits per heavy atom. The molecule has 0 aliphatic carbocycles. The quantitative estimate of drug-likeness (QED) is 0.734. The molecule has 0 fully saturated rings. The summed E-state index contributed by atoms with van der Waals surface area (Å²) in [5, 5.41) is 3.24. The molecule has 14 heavy (non-hydrogen) atoms. The van der Waals surface area contributed by atoms with Crippen molar-refractivity contribution in [1.82, 2.24) is 5.32 Å². The zero-order chi connectivity index (χ0) is 9.97. The van der Waals surface area contributed by atoms with Crippen LogP contribution in [0.15, 0.2) is 36.9 Å². The number of ether oxygens (including phenoxy) is 1. The first-order valence-corrected chi connectivity index (χ1v) is 4.88. The van der Waals surface area contributed by atoms with E-state index in [2.05, 4.69) is 24.0 Å². The fourth-order valence-corrected chi connectivity index (χ4v) is 1.97. The number of para-hydroxylation sites is 1. The maximum Gasteiger partial charge on any atom is 0.122 e. The molecule has 2 rings (SSSR count). The Bertz CT molecular complexity index is 335. The van der Waals surface area contributed by atoms with E-state index in [-0.39, 0.29) is 0 Å². The van der Waals surface area contributed by atoms with E-state index in [0.29, 0.717) is 12.0 Å². The van der Waals surface area contributed by atoms with Crippen LogP contribution in [0.4, 0.5) is 0 Å².